The van der Waals surface area contributed by atoms with Crippen LogP contribution in [0, 0.1) is 11.3 Å². The number of nitriles is 1. The highest BCUT2D eigenvalue weighted by atomic mass is 35.5. The van der Waals surface area contributed by atoms with Crippen LogP contribution in [0.4, 0.5) is 5.69 Å². The summed E-state index contributed by atoms with van der Waals surface area (Å²) in [7, 11) is 0. The van der Waals surface area contributed by atoms with Crippen molar-refractivity contribution in [2.24, 2.45) is 0 Å². The molecular formula is C15H11ClN2O3S. The first-order valence-corrected chi connectivity index (χ1v) is 7.52. The van der Waals surface area contributed by atoms with Gasteiger partial charge in [0.25, 0.3) is 5.91 Å². The molecule has 0 unspecified atom stereocenters. The highest BCUT2D eigenvalue weighted by Crippen LogP contribution is 2.20. The van der Waals surface area contributed by atoms with E-state index in [9.17, 15) is 9.59 Å². The zero-order chi connectivity index (χ0) is 15.9. The van der Waals surface area contributed by atoms with Gasteiger partial charge in [0, 0.05) is 10.6 Å². The number of rotatable bonds is 5. The molecule has 5 nitrogen and oxygen atoms in total. The third kappa shape index (κ3) is 4.58. The Hall–Kier alpha value is -2.36. The molecule has 0 saturated carbocycles. The summed E-state index contributed by atoms with van der Waals surface area (Å²) in [5.74, 6) is -0.934. The normalized spacial score (nSPS) is 9.82. The van der Waals surface area contributed by atoms with Crippen LogP contribution in [0.3, 0.4) is 0 Å². The molecule has 0 radical (unpaired) electrons. The molecule has 0 spiro atoms. The Morgan fingerprint density at radius 2 is 2.18 bits per heavy atom. The first kappa shape index (κ1) is 16.0. The smallest absolute Gasteiger partial charge is 0.311 e. The van der Waals surface area contributed by atoms with Crippen molar-refractivity contribution < 1.29 is 14.3 Å². The Morgan fingerprint density at radius 1 is 1.36 bits per heavy atom. The highest BCUT2D eigenvalue weighted by molar-refractivity contribution is 7.10. The van der Waals surface area contributed by atoms with Gasteiger partial charge in [-0.1, -0.05) is 17.7 Å². The van der Waals surface area contributed by atoms with Gasteiger partial charge >= 0.3 is 5.97 Å². The molecule has 7 heteroatoms. The Morgan fingerprint density at radius 3 is 2.82 bits per heavy atom. The van der Waals surface area contributed by atoms with Gasteiger partial charge in [0.15, 0.2) is 6.61 Å². The number of hydrogen-bond donors (Lipinski definition) is 1. The lowest BCUT2D eigenvalue weighted by atomic mass is 10.2. The molecule has 0 aliphatic rings. The molecule has 112 valence electrons. The molecule has 22 heavy (non-hydrogen) atoms. The summed E-state index contributed by atoms with van der Waals surface area (Å²) >= 11 is 7.31. The van der Waals surface area contributed by atoms with Crippen LogP contribution in [0.2, 0.25) is 5.02 Å². The zero-order valence-electron chi connectivity index (χ0n) is 11.3. The molecule has 1 aromatic heterocycles. The van der Waals surface area contributed by atoms with Crippen molar-refractivity contribution in [1.29, 1.82) is 5.26 Å². The van der Waals surface area contributed by atoms with Crippen LogP contribution in [-0.4, -0.2) is 18.5 Å². The van der Waals surface area contributed by atoms with E-state index in [-0.39, 0.29) is 18.1 Å². The molecule has 2 rings (SSSR count). The van der Waals surface area contributed by atoms with E-state index in [1.54, 1.807) is 6.07 Å². The van der Waals surface area contributed by atoms with Crippen LogP contribution >= 0.6 is 22.9 Å². The average molecular weight is 335 g/mol. The molecule has 2 aromatic rings. The number of carbonyl (C=O) groups is 2. The second-order valence-corrected chi connectivity index (χ2v) is 5.71. The van der Waals surface area contributed by atoms with Gasteiger partial charge in [-0.25, -0.2) is 0 Å². The predicted molar refractivity (Wildman–Crippen MR) is 83.8 cm³/mol. The van der Waals surface area contributed by atoms with E-state index < -0.39 is 11.9 Å². The number of anilines is 1. The summed E-state index contributed by atoms with van der Waals surface area (Å²) in [4.78, 5) is 24.1. The lowest BCUT2D eigenvalue weighted by Gasteiger charge is -2.07. The van der Waals surface area contributed by atoms with Crippen molar-refractivity contribution >= 4 is 40.5 Å². The van der Waals surface area contributed by atoms with Gasteiger partial charge in [-0.15, -0.1) is 11.3 Å². The fraction of sp³-hybridized carbons (Fsp3) is 0.133. The van der Waals surface area contributed by atoms with Gasteiger partial charge < -0.3 is 10.1 Å². The number of esters is 1. The molecule has 0 aliphatic carbocycles. The maximum absolute atomic E-state index is 11.7. The summed E-state index contributed by atoms with van der Waals surface area (Å²) in [5.41, 5.74) is 0.755. The van der Waals surface area contributed by atoms with E-state index in [0.29, 0.717) is 11.3 Å². The molecular weight excluding hydrogens is 324 g/mol. The SMILES string of the molecule is N#Cc1ccc(NC(=O)COC(=O)Cc2cccs2)cc1Cl. The highest BCUT2D eigenvalue weighted by Gasteiger charge is 2.10. The van der Waals surface area contributed by atoms with E-state index >= 15 is 0 Å². The largest absolute Gasteiger partial charge is 0.455 e. The number of halogens is 1. The number of ether oxygens (including phenoxy) is 1. The Kier molecular flexibility index (Phi) is 5.53. The summed E-state index contributed by atoms with van der Waals surface area (Å²) < 4.78 is 4.89. The van der Waals surface area contributed by atoms with Gasteiger partial charge in [0.1, 0.15) is 6.07 Å². The minimum Gasteiger partial charge on any atom is -0.455 e. The molecule has 1 amide bonds. The van der Waals surface area contributed by atoms with E-state index in [4.69, 9.17) is 21.6 Å². The lowest BCUT2D eigenvalue weighted by molar-refractivity contribution is -0.146. The standard InChI is InChI=1S/C15H11ClN2O3S/c16-13-6-11(4-3-10(13)8-17)18-14(19)9-21-15(20)7-12-2-1-5-22-12/h1-6H,7,9H2,(H,18,19). The van der Waals surface area contributed by atoms with E-state index in [0.717, 1.165) is 4.88 Å². The summed E-state index contributed by atoms with van der Waals surface area (Å²) in [6.45, 7) is -0.373. The molecule has 0 aliphatic heterocycles. The fourth-order valence-corrected chi connectivity index (χ4v) is 2.55. The maximum Gasteiger partial charge on any atom is 0.311 e. The third-order valence-electron chi connectivity index (χ3n) is 2.64. The Labute approximate surface area is 136 Å². The van der Waals surface area contributed by atoms with Crippen molar-refractivity contribution in [3.8, 4) is 6.07 Å². The number of thiophene rings is 1. The third-order valence-corrected chi connectivity index (χ3v) is 3.83. The predicted octanol–water partition coefficient (Wildman–Crippen LogP) is 3.00. The summed E-state index contributed by atoms with van der Waals surface area (Å²) in [6, 6.07) is 10.1. The summed E-state index contributed by atoms with van der Waals surface area (Å²) in [5, 5.41) is 13.4. The van der Waals surface area contributed by atoms with Crippen LogP contribution in [-0.2, 0) is 20.7 Å². The van der Waals surface area contributed by atoms with Gasteiger partial charge in [-0.3, -0.25) is 9.59 Å². The quantitative estimate of drug-likeness (QED) is 0.852. The second kappa shape index (κ2) is 7.59. The van der Waals surface area contributed by atoms with Gasteiger partial charge in [0.2, 0.25) is 0 Å². The van der Waals surface area contributed by atoms with Crippen molar-refractivity contribution in [3.63, 3.8) is 0 Å². The zero-order valence-corrected chi connectivity index (χ0v) is 12.9. The summed E-state index contributed by atoms with van der Waals surface area (Å²) in [6.07, 6.45) is 0.146. The monoisotopic (exact) mass is 334 g/mol. The van der Waals surface area contributed by atoms with Crippen molar-refractivity contribution in [2.75, 3.05) is 11.9 Å². The second-order valence-electron chi connectivity index (χ2n) is 4.27. The molecule has 0 fully saturated rings. The Bertz CT molecular complexity index is 723. The maximum atomic E-state index is 11.7. The lowest BCUT2D eigenvalue weighted by Crippen LogP contribution is -2.21. The van der Waals surface area contributed by atoms with Crippen LogP contribution in [0.1, 0.15) is 10.4 Å². The van der Waals surface area contributed by atoms with E-state index in [1.165, 1.54) is 23.5 Å². The molecule has 1 heterocycles. The fourth-order valence-electron chi connectivity index (χ4n) is 1.63. The van der Waals surface area contributed by atoms with Crippen LogP contribution in [0.5, 0.6) is 0 Å². The first-order valence-electron chi connectivity index (χ1n) is 6.26. The van der Waals surface area contributed by atoms with E-state index in [2.05, 4.69) is 5.32 Å². The van der Waals surface area contributed by atoms with Gasteiger partial charge in [0.05, 0.1) is 17.0 Å². The first-order chi connectivity index (χ1) is 10.6. The number of hydrogen-bond acceptors (Lipinski definition) is 5. The topological polar surface area (TPSA) is 79.2 Å². The molecule has 0 saturated heterocycles. The van der Waals surface area contributed by atoms with Gasteiger partial charge in [-0.2, -0.15) is 5.26 Å². The van der Waals surface area contributed by atoms with Crippen molar-refractivity contribution in [3.05, 3.63) is 51.2 Å². The Balaban J connectivity index is 1.82. The van der Waals surface area contributed by atoms with Crippen LogP contribution in [0.25, 0.3) is 0 Å². The average Bonchev–Trinajstić information content (AvgIpc) is 2.98. The molecule has 0 bridgehead atoms. The minimum atomic E-state index is -0.472. The molecule has 1 aromatic carbocycles. The number of carbonyl (C=O) groups excluding carboxylic acids is 2. The van der Waals surface area contributed by atoms with E-state index in [1.807, 2.05) is 23.6 Å². The number of nitrogens with one attached hydrogen (secondary N) is 1. The molecule has 0 atom stereocenters. The van der Waals surface area contributed by atoms with Crippen molar-refractivity contribution in [1.82, 2.24) is 0 Å². The van der Waals surface area contributed by atoms with Crippen LogP contribution < -0.4 is 5.32 Å². The van der Waals surface area contributed by atoms with Crippen molar-refractivity contribution in [2.45, 2.75) is 6.42 Å². The number of nitrogens with zero attached hydrogens (tertiary/aromatic N) is 1. The van der Waals surface area contributed by atoms with Crippen LogP contribution in [0.15, 0.2) is 35.7 Å². The number of amides is 1. The number of benzene rings is 1. The molecule has 1 N–H and O–H groups in total. The minimum absolute atomic E-state index is 0.146. The van der Waals surface area contributed by atoms with Gasteiger partial charge in [-0.05, 0) is 29.6 Å².